The third kappa shape index (κ3) is 8.62. The zero-order valence-electron chi connectivity index (χ0n) is 18.4. The fourth-order valence-electron chi connectivity index (χ4n) is 3.17. The first-order valence-corrected chi connectivity index (χ1v) is 13.1. The summed E-state index contributed by atoms with van der Waals surface area (Å²) in [6.07, 6.45) is -2.35. The fourth-order valence-corrected chi connectivity index (χ4v) is 4.04. The lowest BCUT2D eigenvalue weighted by Gasteiger charge is -2.29. The number of amides is 1. The molecule has 2 N–H and O–H groups in total. The van der Waals surface area contributed by atoms with Gasteiger partial charge < -0.3 is 19.3 Å². The molecule has 0 heterocycles. The van der Waals surface area contributed by atoms with Gasteiger partial charge in [-0.05, 0) is 77.2 Å². The van der Waals surface area contributed by atoms with Crippen LogP contribution in [0.5, 0.6) is 11.5 Å². The van der Waals surface area contributed by atoms with E-state index < -0.39 is 24.3 Å². The largest absolute Gasteiger partial charge is 0.508 e. The Bertz CT molecular complexity index is 1130. The van der Waals surface area contributed by atoms with Gasteiger partial charge in [-0.3, -0.25) is 10.1 Å². The molecule has 2 atom stereocenters. The summed E-state index contributed by atoms with van der Waals surface area (Å²) in [5.41, 5.74) is 0.899. The van der Waals surface area contributed by atoms with Gasteiger partial charge in [0.2, 0.25) is 0 Å². The molecule has 1 amide bonds. The number of hydrogen-bond acceptors (Lipinski definition) is 7. The Labute approximate surface area is 230 Å². The molecule has 35 heavy (non-hydrogen) atoms. The Morgan fingerprint density at radius 3 is 2.46 bits per heavy atom. The molecule has 0 spiro atoms. The molecule has 0 aliphatic rings. The van der Waals surface area contributed by atoms with Crippen LogP contribution in [0.4, 0.5) is 10.5 Å². The third-order valence-corrected chi connectivity index (χ3v) is 6.24. The number of aromatic hydroxyl groups is 1. The number of esters is 1. The van der Waals surface area contributed by atoms with Crippen LogP contribution in [0.1, 0.15) is 18.1 Å². The van der Waals surface area contributed by atoms with E-state index in [2.05, 4.69) is 56.5 Å². The summed E-state index contributed by atoms with van der Waals surface area (Å²) in [5.74, 6) is -0.0579. The van der Waals surface area contributed by atoms with E-state index in [-0.39, 0.29) is 24.5 Å². The molecule has 7 nitrogen and oxygen atoms in total. The molecule has 0 radical (unpaired) electrons. The Hall–Kier alpha value is -2.44. The molecule has 3 rings (SSSR count). The molecule has 0 aliphatic heterocycles. The van der Waals surface area contributed by atoms with E-state index in [1.54, 1.807) is 48.5 Å². The predicted octanol–water partition coefficient (Wildman–Crippen LogP) is 6.36. The number of halogens is 2. The zero-order valence-corrected chi connectivity index (χ0v) is 23.0. The van der Waals surface area contributed by atoms with E-state index in [4.69, 9.17) is 14.2 Å². The molecule has 0 saturated heterocycles. The molecule has 0 bridgehead atoms. The summed E-state index contributed by atoms with van der Waals surface area (Å²) in [4.78, 5) is 24.5. The first-order valence-electron chi connectivity index (χ1n) is 10.6. The van der Waals surface area contributed by atoms with Crippen molar-refractivity contribution in [3.05, 3.63) is 86.4 Å². The van der Waals surface area contributed by atoms with Crippen LogP contribution in [0, 0.1) is 3.57 Å². The highest BCUT2D eigenvalue weighted by Gasteiger charge is 2.32. The van der Waals surface area contributed by atoms with E-state index in [0.717, 1.165) is 8.04 Å². The number of hydrogen-bond donors (Lipinski definition) is 3. The summed E-state index contributed by atoms with van der Waals surface area (Å²) >= 11 is 9.39. The maximum Gasteiger partial charge on any atom is 0.412 e. The fraction of sp³-hybridized carbons (Fsp3) is 0.200. The molecule has 0 aromatic heterocycles. The highest BCUT2D eigenvalue weighted by atomic mass is 127. The number of nitrogens with one attached hydrogen (secondary N) is 1. The standard InChI is InChI=1S/C25H23BrINO6S/c26-16-6-9-18(10-7-16)28-25(31)34-24(20-14-17(27)8-11-21(20)29)22(12-13-32-23(30)15-35)33-19-4-2-1-3-5-19/h1-11,14,22,24,29,35H,12-13,15H2,(H,28,31)/t22-,24-/m0/s1. The number of thiol groups is 1. The second-order valence-corrected chi connectivity index (χ2v) is 9.78. The molecule has 0 aliphatic carbocycles. The normalized spacial score (nSPS) is 12.3. The van der Waals surface area contributed by atoms with Crippen molar-refractivity contribution in [2.75, 3.05) is 17.7 Å². The number of anilines is 1. The molecular weight excluding hydrogens is 649 g/mol. The van der Waals surface area contributed by atoms with Crippen LogP contribution < -0.4 is 10.1 Å². The molecule has 3 aromatic carbocycles. The maximum atomic E-state index is 12.9. The van der Waals surface area contributed by atoms with Gasteiger partial charge in [0.25, 0.3) is 0 Å². The third-order valence-electron chi connectivity index (χ3n) is 4.78. The van der Waals surface area contributed by atoms with Crippen molar-refractivity contribution in [3.63, 3.8) is 0 Å². The van der Waals surface area contributed by atoms with Gasteiger partial charge in [-0.25, -0.2) is 4.79 Å². The van der Waals surface area contributed by atoms with Gasteiger partial charge in [0.1, 0.15) is 17.6 Å². The van der Waals surface area contributed by atoms with E-state index in [1.165, 1.54) is 6.07 Å². The molecule has 0 fully saturated rings. The smallest absolute Gasteiger partial charge is 0.412 e. The highest BCUT2D eigenvalue weighted by molar-refractivity contribution is 14.1. The van der Waals surface area contributed by atoms with Crippen LogP contribution in [0.15, 0.2) is 77.3 Å². The minimum absolute atomic E-state index is 0.00969. The van der Waals surface area contributed by atoms with Gasteiger partial charge in [-0.15, -0.1) is 0 Å². The number of phenols is 1. The van der Waals surface area contributed by atoms with Crippen LogP contribution in [0.3, 0.4) is 0 Å². The van der Waals surface area contributed by atoms with Gasteiger partial charge in [0.15, 0.2) is 6.10 Å². The van der Waals surface area contributed by atoms with Gasteiger partial charge >= 0.3 is 12.1 Å². The number of carbonyl (C=O) groups excluding carboxylic acids is 2. The number of carbonyl (C=O) groups is 2. The number of benzene rings is 3. The first kappa shape index (κ1) is 27.2. The number of ether oxygens (including phenoxy) is 3. The summed E-state index contributed by atoms with van der Waals surface area (Å²) in [5, 5.41) is 13.3. The molecule has 0 unspecified atom stereocenters. The van der Waals surface area contributed by atoms with Crippen LogP contribution in [-0.4, -0.2) is 35.6 Å². The SMILES string of the molecule is O=C(CS)OCC[C@H](Oc1ccccc1)[C@@H](OC(=O)Nc1ccc(Br)cc1)c1cc(I)ccc1O. The van der Waals surface area contributed by atoms with Crippen LogP contribution in [-0.2, 0) is 14.3 Å². The number of rotatable bonds is 10. The average molecular weight is 672 g/mol. The number of phenolic OH excluding ortho intramolecular Hbond substituents is 1. The second-order valence-electron chi connectivity index (χ2n) is 7.30. The summed E-state index contributed by atoms with van der Waals surface area (Å²) in [6.45, 7) is 0.00969. The van der Waals surface area contributed by atoms with Gasteiger partial charge in [0.05, 0.1) is 12.4 Å². The maximum absolute atomic E-state index is 12.9. The van der Waals surface area contributed by atoms with Gasteiger partial charge in [0, 0.05) is 25.7 Å². The lowest BCUT2D eigenvalue weighted by atomic mass is 10.0. The van der Waals surface area contributed by atoms with E-state index in [1.807, 2.05) is 18.2 Å². The van der Waals surface area contributed by atoms with Crippen molar-refractivity contribution in [2.24, 2.45) is 0 Å². The van der Waals surface area contributed by atoms with Gasteiger partial charge in [-0.2, -0.15) is 12.6 Å². The van der Waals surface area contributed by atoms with Crippen molar-refractivity contribution in [3.8, 4) is 11.5 Å². The van der Waals surface area contributed by atoms with Crippen molar-refractivity contribution in [1.82, 2.24) is 0 Å². The average Bonchev–Trinajstić information content (AvgIpc) is 2.85. The second kappa shape index (κ2) is 13.6. The first-order chi connectivity index (χ1) is 16.9. The lowest BCUT2D eigenvalue weighted by molar-refractivity contribution is -0.141. The van der Waals surface area contributed by atoms with Crippen molar-refractivity contribution in [1.29, 1.82) is 0 Å². The summed E-state index contributed by atoms with van der Waals surface area (Å²) in [7, 11) is 0. The van der Waals surface area contributed by atoms with Crippen LogP contribution in [0.25, 0.3) is 0 Å². The minimum Gasteiger partial charge on any atom is -0.508 e. The summed E-state index contributed by atoms with van der Waals surface area (Å²) in [6, 6.07) is 21.0. The zero-order chi connectivity index (χ0) is 25.2. The molecular formula is C25H23BrINO6S. The van der Waals surface area contributed by atoms with E-state index in [0.29, 0.717) is 17.0 Å². The molecule has 0 saturated carbocycles. The quantitative estimate of drug-likeness (QED) is 0.132. The van der Waals surface area contributed by atoms with Gasteiger partial charge in [-0.1, -0.05) is 34.1 Å². The molecule has 10 heteroatoms. The van der Waals surface area contributed by atoms with Crippen molar-refractivity contribution >= 4 is 68.9 Å². The van der Waals surface area contributed by atoms with Crippen molar-refractivity contribution in [2.45, 2.75) is 18.6 Å². The number of para-hydroxylation sites is 1. The highest BCUT2D eigenvalue weighted by Crippen LogP contribution is 2.34. The molecule has 184 valence electrons. The predicted molar refractivity (Wildman–Crippen MR) is 148 cm³/mol. The molecule has 3 aromatic rings. The van der Waals surface area contributed by atoms with Crippen molar-refractivity contribution < 1.29 is 28.9 Å². The van der Waals surface area contributed by atoms with Crippen LogP contribution in [0.2, 0.25) is 0 Å². The lowest BCUT2D eigenvalue weighted by Crippen LogP contribution is -2.32. The Balaban J connectivity index is 1.90. The summed E-state index contributed by atoms with van der Waals surface area (Å²) < 4.78 is 18.9. The monoisotopic (exact) mass is 671 g/mol. The minimum atomic E-state index is -1.02. The van der Waals surface area contributed by atoms with Crippen LogP contribution >= 0.6 is 51.1 Å². The Morgan fingerprint density at radius 2 is 1.77 bits per heavy atom. The van der Waals surface area contributed by atoms with E-state index in [9.17, 15) is 14.7 Å². The topological polar surface area (TPSA) is 94.1 Å². The Kier molecular flexibility index (Phi) is 10.5. The Morgan fingerprint density at radius 1 is 1.06 bits per heavy atom. The van der Waals surface area contributed by atoms with E-state index >= 15 is 0 Å².